The number of fused-ring (bicyclic) bond motifs is 2. The first-order chi connectivity index (χ1) is 16.3. The van der Waals surface area contributed by atoms with Gasteiger partial charge in [0.25, 0.3) is 5.56 Å². The summed E-state index contributed by atoms with van der Waals surface area (Å²) in [5.74, 6) is 0.664. The minimum atomic E-state index is -0.687. The van der Waals surface area contributed by atoms with Gasteiger partial charge in [-0.3, -0.25) is 19.5 Å². The van der Waals surface area contributed by atoms with Gasteiger partial charge in [0.15, 0.2) is 0 Å². The Hall–Kier alpha value is -3.39. The summed E-state index contributed by atoms with van der Waals surface area (Å²) in [5.41, 5.74) is 2.53. The molecule has 0 radical (unpaired) electrons. The number of hydrogen-bond acceptors (Lipinski definition) is 6. The van der Waals surface area contributed by atoms with Gasteiger partial charge in [-0.25, -0.2) is 0 Å². The molecule has 0 spiro atoms. The molecule has 3 atom stereocenters. The standard InChI is InChI=1S/C26H29N3O5/c1-28-13-19(16-6-8-27-12-18(16)24(28)30)15-9-22(33-3)20(23(10-15)34-4)14-29(2)26-7-5-21(26)17(11-26)25(31)32/h6,8-10,12-13,17,21H,5,7,11,14H2,1-4H3,(H,31,32). The molecule has 0 bridgehead atoms. The molecule has 34 heavy (non-hydrogen) atoms. The van der Waals surface area contributed by atoms with E-state index in [1.165, 1.54) is 0 Å². The van der Waals surface area contributed by atoms with E-state index in [0.717, 1.165) is 34.9 Å². The lowest BCUT2D eigenvalue weighted by atomic mass is 9.47. The summed E-state index contributed by atoms with van der Waals surface area (Å²) in [7, 11) is 7.07. The van der Waals surface area contributed by atoms with Crippen LogP contribution in [-0.2, 0) is 18.4 Å². The Balaban J connectivity index is 1.54. The summed E-state index contributed by atoms with van der Waals surface area (Å²) in [6.07, 6.45) is 7.76. The third-order valence-corrected chi connectivity index (χ3v) is 8.01. The molecule has 1 N–H and O–H groups in total. The minimum Gasteiger partial charge on any atom is -0.496 e. The predicted octanol–water partition coefficient (Wildman–Crippen LogP) is 3.30. The highest BCUT2D eigenvalue weighted by atomic mass is 16.5. The lowest BCUT2D eigenvalue weighted by Crippen LogP contribution is -2.70. The second-order valence-electron chi connectivity index (χ2n) is 9.49. The highest BCUT2D eigenvalue weighted by Gasteiger charge is 2.64. The van der Waals surface area contributed by atoms with Gasteiger partial charge in [0.05, 0.1) is 31.1 Å². The molecule has 2 fully saturated rings. The third-order valence-electron chi connectivity index (χ3n) is 8.01. The SMILES string of the molecule is COc1cc(-c2cn(C)c(=O)c3cnccc23)cc(OC)c1CN(C)C12CCC1C(C(=O)O)C2. The zero-order chi connectivity index (χ0) is 24.2. The number of benzene rings is 1. The number of carboxylic acids is 1. The van der Waals surface area contributed by atoms with E-state index >= 15 is 0 Å². The van der Waals surface area contributed by atoms with E-state index in [4.69, 9.17) is 9.47 Å². The van der Waals surface area contributed by atoms with E-state index in [1.54, 1.807) is 38.2 Å². The van der Waals surface area contributed by atoms with Gasteiger partial charge in [-0.2, -0.15) is 0 Å². The maximum atomic E-state index is 12.6. The normalized spacial score (nSPS) is 23.2. The zero-order valence-corrected chi connectivity index (χ0v) is 19.9. The van der Waals surface area contributed by atoms with Crippen molar-refractivity contribution in [3.63, 3.8) is 0 Å². The number of nitrogens with zero attached hydrogens (tertiary/aromatic N) is 3. The van der Waals surface area contributed by atoms with Crippen molar-refractivity contribution in [2.45, 2.75) is 31.3 Å². The van der Waals surface area contributed by atoms with Gasteiger partial charge >= 0.3 is 5.97 Å². The summed E-state index contributed by atoms with van der Waals surface area (Å²) in [6, 6.07) is 5.79. The van der Waals surface area contributed by atoms with Crippen molar-refractivity contribution in [2.24, 2.45) is 18.9 Å². The quantitative estimate of drug-likeness (QED) is 0.575. The number of carboxylic acid groups (broad SMARTS) is 1. The van der Waals surface area contributed by atoms with Crippen LogP contribution in [-0.4, -0.2) is 52.3 Å². The number of aromatic nitrogens is 2. The van der Waals surface area contributed by atoms with Crippen molar-refractivity contribution in [3.05, 3.63) is 52.7 Å². The zero-order valence-electron chi connectivity index (χ0n) is 19.9. The Labute approximate surface area is 197 Å². The first-order valence-electron chi connectivity index (χ1n) is 11.4. The molecule has 3 unspecified atom stereocenters. The Bertz CT molecular complexity index is 1330. The Morgan fingerprint density at radius 2 is 1.97 bits per heavy atom. The number of aliphatic carboxylic acids is 1. The Morgan fingerprint density at radius 1 is 1.26 bits per heavy atom. The van der Waals surface area contributed by atoms with E-state index in [0.29, 0.717) is 29.9 Å². The Morgan fingerprint density at radius 3 is 2.53 bits per heavy atom. The van der Waals surface area contributed by atoms with Crippen molar-refractivity contribution in [3.8, 4) is 22.6 Å². The van der Waals surface area contributed by atoms with Crippen molar-refractivity contribution in [2.75, 3.05) is 21.3 Å². The van der Waals surface area contributed by atoms with E-state index in [1.807, 2.05) is 24.4 Å². The molecule has 3 aromatic rings. The average molecular weight is 464 g/mol. The third kappa shape index (κ3) is 3.20. The fourth-order valence-corrected chi connectivity index (χ4v) is 5.96. The number of hydrogen-bond donors (Lipinski definition) is 1. The molecule has 2 aliphatic carbocycles. The van der Waals surface area contributed by atoms with Crippen molar-refractivity contribution in [1.29, 1.82) is 0 Å². The molecule has 0 saturated heterocycles. The van der Waals surface area contributed by atoms with Crippen LogP contribution in [0.25, 0.3) is 21.9 Å². The monoisotopic (exact) mass is 463 g/mol. The van der Waals surface area contributed by atoms with E-state index in [2.05, 4.69) is 16.9 Å². The maximum Gasteiger partial charge on any atom is 0.306 e. The summed E-state index contributed by atoms with van der Waals surface area (Å²) in [6.45, 7) is 0.591. The molecule has 0 amide bonds. The van der Waals surface area contributed by atoms with E-state index in [-0.39, 0.29) is 22.9 Å². The van der Waals surface area contributed by atoms with Gasteiger partial charge < -0.3 is 19.1 Å². The molecular weight excluding hydrogens is 434 g/mol. The lowest BCUT2D eigenvalue weighted by molar-refractivity contribution is -0.187. The second kappa shape index (κ2) is 8.13. The van der Waals surface area contributed by atoms with E-state index < -0.39 is 5.97 Å². The van der Waals surface area contributed by atoms with Crippen LogP contribution in [0.1, 0.15) is 24.8 Å². The lowest BCUT2D eigenvalue weighted by Gasteiger charge is -2.65. The molecule has 0 aliphatic heterocycles. The molecule has 2 aliphatic rings. The fraction of sp³-hybridized carbons (Fsp3) is 0.423. The maximum absolute atomic E-state index is 12.6. The van der Waals surface area contributed by atoms with Gasteiger partial charge in [-0.05, 0) is 61.4 Å². The van der Waals surface area contributed by atoms with Gasteiger partial charge in [-0.15, -0.1) is 0 Å². The summed E-state index contributed by atoms with van der Waals surface area (Å²) in [4.78, 5) is 30.5. The van der Waals surface area contributed by atoms with Gasteiger partial charge in [-0.1, -0.05) is 0 Å². The van der Waals surface area contributed by atoms with Crippen LogP contribution >= 0.6 is 0 Å². The minimum absolute atomic E-state index is 0.0569. The molecule has 2 heterocycles. The molecule has 5 rings (SSSR count). The largest absolute Gasteiger partial charge is 0.496 e. The first kappa shape index (κ1) is 22.4. The van der Waals surface area contributed by atoms with Crippen LogP contribution in [0.5, 0.6) is 11.5 Å². The van der Waals surface area contributed by atoms with Crippen LogP contribution in [0, 0.1) is 11.8 Å². The first-order valence-corrected chi connectivity index (χ1v) is 11.4. The summed E-state index contributed by atoms with van der Waals surface area (Å²) in [5, 5.41) is 10.8. The predicted molar refractivity (Wildman–Crippen MR) is 128 cm³/mol. The van der Waals surface area contributed by atoms with Crippen LogP contribution in [0.2, 0.25) is 0 Å². The molecular formula is C26H29N3O5. The van der Waals surface area contributed by atoms with Crippen LogP contribution in [0.3, 0.4) is 0 Å². The molecule has 8 nitrogen and oxygen atoms in total. The topological polar surface area (TPSA) is 93.9 Å². The number of methoxy groups -OCH3 is 2. The molecule has 2 saturated carbocycles. The average Bonchev–Trinajstić information content (AvgIpc) is 2.82. The molecule has 8 heteroatoms. The number of carbonyl (C=O) groups is 1. The summed E-state index contributed by atoms with van der Waals surface area (Å²) < 4.78 is 13.2. The highest BCUT2D eigenvalue weighted by Crippen LogP contribution is 2.61. The number of pyridine rings is 2. The molecule has 178 valence electrons. The van der Waals surface area contributed by atoms with Gasteiger partial charge in [0.1, 0.15) is 11.5 Å². The number of ether oxygens (including phenoxy) is 2. The van der Waals surface area contributed by atoms with Gasteiger partial charge in [0.2, 0.25) is 0 Å². The van der Waals surface area contributed by atoms with Crippen molar-refractivity contribution in [1.82, 2.24) is 14.5 Å². The summed E-state index contributed by atoms with van der Waals surface area (Å²) >= 11 is 0. The van der Waals surface area contributed by atoms with E-state index in [9.17, 15) is 14.7 Å². The number of rotatable bonds is 7. The second-order valence-corrected chi connectivity index (χ2v) is 9.49. The van der Waals surface area contributed by atoms with Crippen LogP contribution in [0.4, 0.5) is 0 Å². The highest BCUT2D eigenvalue weighted by molar-refractivity contribution is 5.95. The molecule has 2 aromatic heterocycles. The molecule has 1 aromatic carbocycles. The van der Waals surface area contributed by atoms with Gasteiger partial charge in [0, 0.05) is 43.3 Å². The Kier molecular flexibility index (Phi) is 5.36. The smallest absolute Gasteiger partial charge is 0.306 e. The van der Waals surface area contributed by atoms with Crippen LogP contribution in [0.15, 0.2) is 41.6 Å². The number of aryl methyl sites for hydroxylation is 1. The fourth-order valence-electron chi connectivity index (χ4n) is 5.96. The van der Waals surface area contributed by atoms with Crippen molar-refractivity contribution >= 4 is 16.7 Å². The van der Waals surface area contributed by atoms with Crippen molar-refractivity contribution < 1.29 is 19.4 Å². The van der Waals surface area contributed by atoms with Crippen LogP contribution < -0.4 is 15.0 Å².